The lowest BCUT2D eigenvalue weighted by Crippen LogP contribution is -2.54. The van der Waals surface area contributed by atoms with Gasteiger partial charge < -0.3 is 10.2 Å². The minimum atomic E-state index is 0.206. The SMILES string of the molecule is CNC1CCCCC1N(C(C)=O)C(C)C. The number of amides is 1. The molecule has 88 valence electrons. The van der Waals surface area contributed by atoms with Crippen LogP contribution in [-0.2, 0) is 4.79 Å². The van der Waals surface area contributed by atoms with Crippen molar-refractivity contribution in [1.29, 1.82) is 0 Å². The second kappa shape index (κ2) is 5.50. The molecule has 1 aliphatic rings. The zero-order chi connectivity index (χ0) is 11.4. The monoisotopic (exact) mass is 212 g/mol. The predicted molar refractivity (Wildman–Crippen MR) is 62.8 cm³/mol. The van der Waals surface area contributed by atoms with Crippen molar-refractivity contribution in [3.05, 3.63) is 0 Å². The summed E-state index contributed by atoms with van der Waals surface area (Å²) in [5, 5.41) is 3.35. The third kappa shape index (κ3) is 2.94. The molecule has 1 fully saturated rings. The van der Waals surface area contributed by atoms with Gasteiger partial charge in [0.25, 0.3) is 0 Å². The molecular weight excluding hydrogens is 188 g/mol. The van der Waals surface area contributed by atoms with Crippen LogP contribution in [-0.4, -0.2) is 36.0 Å². The number of hydrogen-bond donors (Lipinski definition) is 1. The maximum absolute atomic E-state index is 11.6. The first kappa shape index (κ1) is 12.5. The number of hydrogen-bond acceptors (Lipinski definition) is 2. The fourth-order valence-corrected chi connectivity index (χ4v) is 2.76. The van der Waals surface area contributed by atoms with Crippen LogP contribution in [0, 0.1) is 0 Å². The highest BCUT2D eigenvalue weighted by Gasteiger charge is 2.31. The van der Waals surface area contributed by atoms with Gasteiger partial charge in [-0.1, -0.05) is 12.8 Å². The number of nitrogens with zero attached hydrogens (tertiary/aromatic N) is 1. The van der Waals surface area contributed by atoms with Crippen LogP contribution in [0.2, 0.25) is 0 Å². The number of nitrogens with one attached hydrogen (secondary N) is 1. The second-order valence-electron chi connectivity index (χ2n) is 4.77. The number of carbonyl (C=O) groups excluding carboxylic acids is 1. The summed E-state index contributed by atoms with van der Waals surface area (Å²) in [5.74, 6) is 0.206. The third-order valence-electron chi connectivity index (χ3n) is 3.38. The molecule has 1 aliphatic carbocycles. The number of rotatable bonds is 3. The van der Waals surface area contributed by atoms with Gasteiger partial charge in [0.15, 0.2) is 0 Å². The summed E-state index contributed by atoms with van der Waals surface area (Å²) < 4.78 is 0. The average molecular weight is 212 g/mol. The van der Waals surface area contributed by atoms with E-state index in [1.165, 1.54) is 19.3 Å². The second-order valence-corrected chi connectivity index (χ2v) is 4.77. The van der Waals surface area contributed by atoms with Gasteiger partial charge >= 0.3 is 0 Å². The molecule has 15 heavy (non-hydrogen) atoms. The minimum absolute atomic E-state index is 0.206. The predicted octanol–water partition coefficient (Wildman–Crippen LogP) is 1.77. The molecule has 0 spiro atoms. The number of likely N-dealkylation sites (N-methyl/N-ethyl adjacent to an activating group) is 1. The standard InChI is InChI=1S/C12H24N2O/c1-9(2)14(10(3)15)12-8-6-5-7-11(12)13-4/h9,11-13H,5-8H2,1-4H3. The fourth-order valence-electron chi connectivity index (χ4n) is 2.76. The van der Waals surface area contributed by atoms with Gasteiger partial charge in [-0.25, -0.2) is 0 Å². The van der Waals surface area contributed by atoms with Gasteiger partial charge in [-0.05, 0) is 33.7 Å². The van der Waals surface area contributed by atoms with Crippen molar-refractivity contribution in [2.75, 3.05) is 7.05 Å². The van der Waals surface area contributed by atoms with Gasteiger partial charge in [-0.15, -0.1) is 0 Å². The fraction of sp³-hybridized carbons (Fsp3) is 0.917. The first-order valence-corrected chi connectivity index (χ1v) is 6.04. The van der Waals surface area contributed by atoms with E-state index in [1.54, 1.807) is 6.92 Å². The Hall–Kier alpha value is -0.570. The van der Waals surface area contributed by atoms with Crippen molar-refractivity contribution in [1.82, 2.24) is 10.2 Å². The van der Waals surface area contributed by atoms with Gasteiger partial charge in [0.1, 0.15) is 0 Å². The molecule has 0 aliphatic heterocycles. The zero-order valence-corrected chi connectivity index (χ0v) is 10.4. The Labute approximate surface area is 93.2 Å². The molecule has 2 atom stereocenters. The lowest BCUT2D eigenvalue weighted by molar-refractivity contribution is -0.134. The average Bonchev–Trinajstić information content (AvgIpc) is 2.17. The maximum Gasteiger partial charge on any atom is 0.219 e. The first-order valence-electron chi connectivity index (χ1n) is 6.04. The summed E-state index contributed by atoms with van der Waals surface area (Å²) in [6.07, 6.45) is 4.87. The van der Waals surface area contributed by atoms with Crippen molar-refractivity contribution in [2.24, 2.45) is 0 Å². The summed E-state index contributed by atoms with van der Waals surface area (Å²) in [4.78, 5) is 13.7. The topological polar surface area (TPSA) is 32.3 Å². The summed E-state index contributed by atoms with van der Waals surface area (Å²) in [5.41, 5.74) is 0. The van der Waals surface area contributed by atoms with E-state index < -0.39 is 0 Å². The van der Waals surface area contributed by atoms with Crippen LogP contribution in [0.15, 0.2) is 0 Å². The molecule has 0 aromatic heterocycles. The minimum Gasteiger partial charge on any atom is -0.336 e. The largest absolute Gasteiger partial charge is 0.336 e. The Balaban J connectivity index is 2.75. The van der Waals surface area contributed by atoms with E-state index >= 15 is 0 Å². The third-order valence-corrected chi connectivity index (χ3v) is 3.38. The molecule has 1 amide bonds. The highest BCUT2D eigenvalue weighted by atomic mass is 16.2. The van der Waals surface area contributed by atoms with Gasteiger partial charge in [-0.3, -0.25) is 4.79 Å². The molecule has 1 saturated carbocycles. The summed E-state index contributed by atoms with van der Waals surface area (Å²) in [7, 11) is 2.00. The van der Waals surface area contributed by atoms with Crippen LogP contribution in [0.4, 0.5) is 0 Å². The molecule has 0 heterocycles. The van der Waals surface area contributed by atoms with E-state index in [0.717, 1.165) is 6.42 Å². The lowest BCUT2D eigenvalue weighted by atomic mass is 9.88. The van der Waals surface area contributed by atoms with Gasteiger partial charge in [-0.2, -0.15) is 0 Å². The summed E-state index contributed by atoms with van der Waals surface area (Å²) in [6, 6.07) is 1.17. The quantitative estimate of drug-likeness (QED) is 0.773. The van der Waals surface area contributed by atoms with E-state index in [-0.39, 0.29) is 5.91 Å². The maximum atomic E-state index is 11.6. The first-order chi connectivity index (χ1) is 7.07. The van der Waals surface area contributed by atoms with Crippen LogP contribution < -0.4 is 5.32 Å². The summed E-state index contributed by atoms with van der Waals surface area (Å²) in [6.45, 7) is 5.88. The van der Waals surface area contributed by atoms with E-state index in [0.29, 0.717) is 18.1 Å². The Morgan fingerprint density at radius 2 is 1.93 bits per heavy atom. The van der Waals surface area contributed by atoms with Gasteiger partial charge in [0.05, 0.1) is 0 Å². The molecule has 1 N–H and O–H groups in total. The van der Waals surface area contributed by atoms with E-state index in [9.17, 15) is 4.79 Å². The molecule has 3 heteroatoms. The van der Waals surface area contributed by atoms with E-state index in [4.69, 9.17) is 0 Å². The Kier molecular flexibility index (Phi) is 4.58. The van der Waals surface area contributed by atoms with Crippen LogP contribution >= 0.6 is 0 Å². The van der Waals surface area contributed by atoms with Crippen molar-refractivity contribution < 1.29 is 4.79 Å². The van der Waals surface area contributed by atoms with Gasteiger partial charge in [0.2, 0.25) is 5.91 Å². The van der Waals surface area contributed by atoms with Gasteiger partial charge in [0, 0.05) is 25.0 Å². The highest BCUT2D eigenvalue weighted by Crippen LogP contribution is 2.24. The molecule has 0 radical (unpaired) electrons. The Bertz CT molecular complexity index is 216. The summed E-state index contributed by atoms with van der Waals surface area (Å²) >= 11 is 0. The molecule has 2 unspecified atom stereocenters. The normalized spacial score (nSPS) is 26.7. The van der Waals surface area contributed by atoms with Crippen molar-refractivity contribution in [3.63, 3.8) is 0 Å². The highest BCUT2D eigenvalue weighted by molar-refractivity contribution is 5.74. The zero-order valence-electron chi connectivity index (χ0n) is 10.4. The smallest absolute Gasteiger partial charge is 0.219 e. The van der Waals surface area contributed by atoms with Crippen LogP contribution in [0.1, 0.15) is 46.5 Å². The molecule has 1 rings (SSSR count). The Morgan fingerprint density at radius 1 is 1.33 bits per heavy atom. The molecule has 0 aromatic rings. The van der Waals surface area contributed by atoms with Crippen LogP contribution in [0.25, 0.3) is 0 Å². The molecule has 3 nitrogen and oxygen atoms in total. The van der Waals surface area contributed by atoms with Crippen LogP contribution in [0.5, 0.6) is 0 Å². The van der Waals surface area contributed by atoms with E-state index in [1.807, 2.05) is 11.9 Å². The Morgan fingerprint density at radius 3 is 2.40 bits per heavy atom. The van der Waals surface area contributed by atoms with Crippen molar-refractivity contribution in [2.45, 2.75) is 64.6 Å². The number of carbonyl (C=O) groups is 1. The van der Waals surface area contributed by atoms with Crippen LogP contribution in [0.3, 0.4) is 0 Å². The van der Waals surface area contributed by atoms with Crippen molar-refractivity contribution >= 4 is 5.91 Å². The molecule has 0 saturated heterocycles. The molecule has 0 bridgehead atoms. The molecule has 0 aromatic carbocycles. The van der Waals surface area contributed by atoms with E-state index in [2.05, 4.69) is 19.2 Å². The van der Waals surface area contributed by atoms with Crippen molar-refractivity contribution in [3.8, 4) is 0 Å². The lowest BCUT2D eigenvalue weighted by Gasteiger charge is -2.41. The molecular formula is C12H24N2O.